The van der Waals surface area contributed by atoms with Crippen LogP contribution in [0.15, 0.2) is 18.2 Å². The Balaban J connectivity index is 1.79. The number of carbonyl (C=O) groups is 1. The zero-order valence-electron chi connectivity index (χ0n) is 15.8. The standard InChI is InChI=1S/C19H27N3O4S/c1-3-4-10-27(24,25)22-14-7-8-17-16(11-14)13(2)18(21-17)19(23)20-15-6-5-9-26-12-15/h7-8,11,15,21-22H,3-6,9-10,12H2,1-2H3,(H,20,23). The first-order valence-corrected chi connectivity index (χ1v) is 11.1. The molecule has 2 heterocycles. The molecule has 1 aliphatic rings. The third-order valence-corrected chi connectivity index (χ3v) is 6.19. The number of sulfonamides is 1. The number of anilines is 1. The molecule has 2 aromatic rings. The van der Waals surface area contributed by atoms with Crippen LogP contribution >= 0.6 is 0 Å². The van der Waals surface area contributed by atoms with Crippen molar-refractivity contribution in [1.29, 1.82) is 0 Å². The van der Waals surface area contributed by atoms with E-state index in [1.54, 1.807) is 18.2 Å². The molecular formula is C19H27N3O4S. The number of ether oxygens (including phenoxy) is 1. The van der Waals surface area contributed by atoms with E-state index in [9.17, 15) is 13.2 Å². The molecule has 7 nitrogen and oxygen atoms in total. The monoisotopic (exact) mass is 393 g/mol. The Morgan fingerprint density at radius 3 is 2.89 bits per heavy atom. The molecule has 1 aromatic heterocycles. The summed E-state index contributed by atoms with van der Waals surface area (Å²) in [6, 6.07) is 5.29. The molecule has 1 atom stereocenters. The largest absolute Gasteiger partial charge is 0.379 e. The first-order valence-electron chi connectivity index (χ1n) is 9.41. The van der Waals surface area contributed by atoms with Crippen LogP contribution in [0.25, 0.3) is 10.9 Å². The zero-order valence-corrected chi connectivity index (χ0v) is 16.6. The lowest BCUT2D eigenvalue weighted by Crippen LogP contribution is -2.40. The number of aromatic nitrogens is 1. The Bertz CT molecular complexity index is 914. The number of aryl methyl sites for hydroxylation is 1. The highest BCUT2D eigenvalue weighted by molar-refractivity contribution is 7.92. The fraction of sp³-hybridized carbons (Fsp3) is 0.526. The maximum absolute atomic E-state index is 12.6. The molecule has 0 radical (unpaired) electrons. The van der Waals surface area contributed by atoms with Crippen LogP contribution in [0.4, 0.5) is 5.69 Å². The van der Waals surface area contributed by atoms with Crippen LogP contribution in [0.3, 0.4) is 0 Å². The predicted octanol–water partition coefficient (Wildman–Crippen LogP) is 2.93. The summed E-state index contributed by atoms with van der Waals surface area (Å²) in [6.07, 6.45) is 3.30. The number of H-pyrrole nitrogens is 1. The minimum Gasteiger partial charge on any atom is -0.379 e. The van der Waals surface area contributed by atoms with Crippen LogP contribution in [-0.2, 0) is 14.8 Å². The number of hydrogen-bond acceptors (Lipinski definition) is 4. The number of carbonyl (C=O) groups excluding carboxylic acids is 1. The molecule has 148 valence electrons. The summed E-state index contributed by atoms with van der Waals surface area (Å²) < 4.78 is 32.3. The first kappa shape index (κ1) is 19.7. The number of nitrogens with one attached hydrogen (secondary N) is 3. The van der Waals surface area contributed by atoms with Crippen LogP contribution in [-0.4, -0.2) is 44.3 Å². The quantitative estimate of drug-likeness (QED) is 0.673. The SMILES string of the molecule is CCCCS(=O)(=O)Nc1ccc2[nH]c(C(=O)NC3CCCOC3)c(C)c2c1. The van der Waals surface area contributed by atoms with Gasteiger partial charge in [0.1, 0.15) is 5.69 Å². The van der Waals surface area contributed by atoms with Gasteiger partial charge >= 0.3 is 0 Å². The van der Waals surface area contributed by atoms with Gasteiger partial charge in [-0.2, -0.15) is 0 Å². The third-order valence-electron chi connectivity index (χ3n) is 4.82. The van der Waals surface area contributed by atoms with Crippen molar-refractivity contribution in [2.45, 2.75) is 45.6 Å². The molecule has 3 N–H and O–H groups in total. The lowest BCUT2D eigenvalue weighted by atomic mass is 10.1. The average molecular weight is 394 g/mol. The zero-order chi connectivity index (χ0) is 19.4. The van der Waals surface area contributed by atoms with Crippen LogP contribution in [0.5, 0.6) is 0 Å². The average Bonchev–Trinajstić information content (AvgIpc) is 2.97. The summed E-state index contributed by atoms with van der Waals surface area (Å²) in [6.45, 7) is 5.10. The fourth-order valence-electron chi connectivity index (χ4n) is 3.29. The predicted molar refractivity (Wildman–Crippen MR) is 107 cm³/mol. The number of benzene rings is 1. The van der Waals surface area contributed by atoms with Gasteiger partial charge in [0.05, 0.1) is 18.4 Å². The summed E-state index contributed by atoms with van der Waals surface area (Å²) >= 11 is 0. The van der Waals surface area contributed by atoms with Gasteiger partial charge in [0.25, 0.3) is 5.91 Å². The summed E-state index contributed by atoms with van der Waals surface area (Å²) in [5.74, 6) is -0.0608. The number of rotatable bonds is 7. The molecule has 1 fully saturated rings. The second kappa shape index (κ2) is 8.31. The number of aromatic amines is 1. The lowest BCUT2D eigenvalue weighted by Gasteiger charge is -2.22. The maximum atomic E-state index is 12.6. The number of hydrogen-bond donors (Lipinski definition) is 3. The van der Waals surface area contributed by atoms with Crippen molar-refractivity contribution in [2.75, 3.05) is 23.7 Å². The Kier molecular flexibility index (Phi) is 6.06. The Hall–Kier alpha value is -2.06. The van der Waals surface area contributed by atoms with Gasteiger partial charge in [-0.15, -0.1) is 0 Å². The van der Waals surface area contributed by atoms with Gasteiger partial charge in [0, 0.05) is 23.2 Å². The highest BCUT2D eigenvalue weighted by atomic mass is 32.2. The summed E-state index contributed by atoms with van der Waals surface area (Å²) in [5, 5.41) is 3.84. The van der Waals surface area contributed by atoms with Crippen molar-refractivity contribution < 1.29 is 17.9 Å². The van der Waals surface area contributed by atoms with E-state index in [2.05, 4.69) is 15.0 Å². The number of amides is 1. The van der Waals surface area contributed by atoms with Crippen molar-refractivity contribution in [3.8, 4) is 0 Å². The second-order valence-electron chi connectivity index (χ2n) is 7.05. The molecule has 1 unspecified atom stereocenters. The fourth-order valence-corrected chi connectivity index (χ4v) is 4.55. The molecular weight excluding hydrogens is 366 g/mol. The van der Waals surface area contributed by atoms with E-state index in [-0.39, 0.29) is 17.7 Å². The highest BCUT2D eigenvalue weighted by Crippen LogP contribution is 2.26. The summed E-state index contributed by atoms with van der Waals surface area (Å²) in [4.78, 5) is 15.8. The normalized spacial score (nSPS) is 17.8. The molecule has 1 amide bonds. The molecule has 1 aromatic carbocycles. The number of unbranched alkanes of at least 4 members (excludes halogenated alkanes) is 1. The molecule has 1 saturated heterocycles. The van der Waals surface area contributed by atoms with Crippen LogP contribution in [0.2, 0.25) is 0 Å². The van der Waals surface area contributed by atoms with Crippen molar-refractivity contribution in [3.63, 3.8) is 0 Å². The van der Waals surface area contributed by atoms with E-state index in [0.717, 1.165) is 42.3 Å². The molecule has 0 aliphatic carbocycles. The van der Waals surface area contributed by atoms with E-state index in [1.165, 1.54) is 0 Å². The molecule has 8 heteroatoms. The van der Waals surface area contributed by atoms with Gasteiger partial charge in [-0.05, 0) is 49.9 Å². The van der Waals surface area contributed by atoms with E-state index >= 15 is 0 Å². The van der Waals surface area contributed by atoms with E-state index in [0.29, 0.717) is 24.4 Å². The lowest BCUT2D eigenvalue weighted by molar-refractivity contribution is 0.0622. The second-order valence-corrected chi connectivity index (χ2v) is 8.89. The molecule has 3 rings (SSSR count). The third kappa shape index (κ3) is 4.81. The van der Waals surface area contributed by atoms with Gasteiger partial charge in [-0.3, -0.25) is 9.52 Å². The molecule has 27 heavy (non-hydrogen) atoms. The summed E-state index contributed by atoms with van der Waals surface area (Å²) in [5.41, 5.74) is 2.61. The smallest absolute Gasteiger partial charge is 0.268 e. The van der Waals surface area contributed by atoms with E-state index in [4.69, 9.17) is 4.74 Å². The Morgan fingerprint density at radius 1 is 1.37 bits per heavy atom. The van der Waals surface area contributed by atoms with Crippen molar-refractivity contribution >= 4 is 32.5 Å². The van der Waals surface area contributed by atoms with Crippen molar-refractivity contribution in [1.82, 2.24) is 10.3 Å². The molecule has 0 saturated carbocycles. The molecule has 0 spiro atoms. The van der Waals surface area contributed by atoms with Gasteiger partial charge in [0.15, 0.2) is 0 Å². The maximum Gasteiger partial charge on any atom is 0.268 e. The Morgan fingerprint density at radius 2 is 2.19 bits per heavy atom. The first-order chi connectivity index (χ1) is 12.9. The van der Waals surface area contributed by atoms with Crippen molar-refractivity contribution in [3.05, 3.63) is 29.5 Å². The summed E-state index contributed by atoms with van der Waals surface area (Å²) in [7, 11) is -3.36. The topological polar surface area (TPSA) is 100 Å². The van der Waals surface area contributed by atoms with Gasteiger partial charge in [-0.1, -0.05) is 13.3 Å². The highest BCUT2D eigenvalue weighted by Gasteiger charge is 2.21. The van der Waals surface area contributed by atoms with E-state index in [1.807, 2.05) is 13.8 Å². The molecule has 0 bridgehead atoms. The van der Waals surface area contributed by atoms with Crippen LogP contribution in [0.1, 0.15) is 48.7 Å². The van der Waals surface area contributed by atoms with E-state index < -0.39 is 10.0 Å². The number of fused-ring (bicyclic) bond motifs is 1. The molecule has 1 aliphatic heterocycles. The van der Waals surface area contributed by atoms with Crippen LogP contribution in [0, 0.1) is 6.92 Å². The van der Waals surface area contributed by atoms with Gasteiger partial charge in [0.2, 0.25) is 10.0 Å². The van der Waals surface area contributed by atoms with Crippen molar-refractivity contribution in [2.24, 2.45) is 0 Å². The minimum absolute atomic E-state index is 0.0259. The van der Waals surface area contributed by atoms with Crippen LogP contribution < -0.4 is 10.0 Å². The van der Waals surface area contributed by atoms with Gasteiger partial charge < -0.3 is 15.0 Å². The van der Waals surface area contributed by atoms with Gasteiger partial charge in [-0.25, -0.2) is 8.42 Å². The Labute approximate surface area is 159 Å². The minimum atomic E-state index is -3.36.